The van der Waals surface area contributed by atoms with E-state index in [9.17, 15) is 0 Å². The summed E-state index contributed by atoms with van der Waals surface area (Å²) in [6, 6.07) is 8.26. The summed E-state index contributed by atoms with van der Waals surface area (Å²) < 4.78 is 10.9. The first-order valence-electron chi connectivity index (χ1n) is 6.84. The third-order valence-electron chi connectivity index (χ3n) is 3.37. The molecule has 0 radical (unpaired) electrons. The lowest BCUT2D eigenvalue weighted by atomic mass is 10.1. The molecule has 1 unspecified atom stereocenters. The van der Waals surface area contributed by atoms with Crippen molar-refractivity contribution in [1.82, 2.24) is 5.32 Å². The van der Waals surface area contributed by atoms with E-state index < -0.39 is 0 Å². The van der Waals surface area contributed by atoms with Gasteiger partial charge in [0.05, 0.1) is 13.2 Å². The number of rotatable bonds is 6. The molecular formula is C15H23NO2. The zero-order valence-electron chi connectivity index (χ0n) is 11.2. The van der Waals surface area contributed by atoms with E-state index in [0.717, 1.165) is 31.9 Å². The van der Waals surface area contributed by atoms with Crippen LogP contribution in [0.25, 0.3) is 0 Å². The van der Waals surface area contributed by atoms with Gasteiger partial charge in [0.15, 0.2) is 0 Å². The van der Waals surface area contributed by atoms with E-state index in [1.807, 2.05) is 12.1 Å². The standard InChI is InChI=1S/C15H23NO2/c1-17-14-7-4-5-13(11-14)8-9-16-12-15-6-2-3-10-18-15/h4-5,7,11,15-16H,2-3,6,8-10,12H2,1H3. The second-order valence-electron chi connectivity index (χ2n) is 4.79. The number of nitrogens with one attached hydrogen (secondary N) is 1. The van der Waals surface area contributed by atoms with E-state index in [1.165, 1.54) is 24.8 Å². The molecule has 0 aliphatic carbocycles. The second kappa shape index (κ2) is 7.39. The van der Waals surface area contributed by atoms with Crippen LogP contribution in [-0.2, 0) is 11.2 Å². The Morgan fingerprint density at radius 2 is 2.33 bits per heavy atom. The monoisotopic (exact) mass is 249 g/mol. The van der Waals surface area contributed by atoms with Gasteiger partial charge in [0, 0.05) is 13.2 Å². The fourth-order valence-electron chi connectivity index (χ4n) is 2.29. The van der Waals surface area contributed by atoms with Crippen molar-refractivity contribution in [3.63, 3.8) is 0 Å². The minimum atomic E-state index is 0.420. The average molecular weight is 249 g/mol. The summed E-state index contributed by atoms with van der Waals surface area (Å²) in [4.78, 5) is 0. The summed E-state index contributed by atoms with van der Waals surface area (Å²) in [5, 5.41) is 3.48. The molecule has 1 heterocycles. The van der Waals surface area contributed by atoms with Crippen LogP contribution in [-0.4, -0.2) is 32.9 Å². The van der Waals surface area contributed by atoms with Crippen LogP contribution in [0.1, 0.15) is 24.8 Å². The van der Waals surface area contributed by atoms with Gasteiger partial charge >= 0.3 is 0 Å². The van der Waals surface area contributed by atoms with Crippen molar-refractivity contribution < 1.29 is 9.47 Å². The van der Waals surface area contributed by atoms with Crippen LogP contribution in [0.4, 0.5) is 0 Å². The van der Waals surface area contributed by atoms with Crippen LogP contribution >= 0.6 is 0 Å². The Bertz CT molecular complexity index is 348. The molecule has 2 rings (SSSR count). The van der Waals surface area contributed by atoms with Crippen LogP contribution in [0.2, 0.25) is 0 Å². The molecule has 1 atom stereocenters. The summed E-state index contributed by atoms with van der Waals surface area (Å²) in [7, 11) is 1.71. The maximum absolute atomic E-state index is 5.68. The fourth-order valence-corrected chi connectivity index (χ4v) is 2.29. The Labute approximate surface area is 109 Å². The first kappa shape index (κ1) is 13.4. The van der Waals surface area contributed by atoms with Crippen molar-refractivity contribution in [2.45, 2.75) is 31.8 Å². The van der Waals surface area contributed by atoms with Gasteiger partial charge in [0.25, 0.3) is 0 Å². The lowest BCUT2D eigenvalue weighted by molar-refractivity contribution is 0.0171. The van der Waals surface area contributed by atoms with Crippen molar-refractivity contribution in [3.05, 3.63) is 29.8 Å². The quantitative estimate of drug-likeness (QED) is 0.785. The lowest BCUT2D eigenvalue weighted by Gasteiger charge is -2.22. The molecule has 1 saturated heterocycles. The molecule has 1 aliphatic heterocycles. The minimum absolute atomic E-state index is 0.420. The zero-order valence-corrected chi connectivity index (χ0v) is 11.2. The molecule has 100 valence electrons. The van der Waals surface area contributed by atoms with Gasteiger partial charge in [-0.2, -0.15) is 0 Å². The van der Waals surface area contributed by atoms with Gasteiger partial charge in [-0.05, 0) is 49.9 Å². The number of benzene rings is 1. The SMILES string of the molecule is COc1cccc(CCNCC2CCCCO2)c1. The third kappa shape index (κ3) is 4.31. The summed E-state index contributed by atoms with van der Waals surface area (Å²) in [6.07, 6.45) is 5.18. The third-order valence-corrected chi connectivity index (χ3v) is 3.37. The van der Waals surface area contributed by atoms with E-state index in [-0.39, 0.29) is 0 Å². The molecule has 1 N–H and O–H groups in total. The Hall–Kier alpha value is -1.06. The Balaban J connectivity index is 1.65. The maximum atomic E-state index is 5.68. The van der Waals surface area contributed by atoms with E-state index in [2.05, 4.69) is 17.4 Å². The van der Waals surface area contributed by atoms with E-state index >= 15 is 0 Å². The molecule has 0 aromatic heterocycles. The average Bonchev–Trinajstić information content (AvgIpc) is 2.45. The summed E-state index contributed by atoms with van der Waals surface area (Å²) >= 11 is 0. The highest BCUT2D eigenvalue weighted by Gasteiger charge is 2.12. The normalized spacial score (nSPS) is 19.7. The highest BCUT2D eigenvalue weighted by atomic mass is 16.5. The van der Waals surface area contributed by atoms with Gasteiger partial charge < -0.3 is 14.8 Å². The number of methoxy groups -OCH3 is 1. The van der Waals surface area contributed by atoms with Crippen molar-refractivity contribution in [3.8, 4) is 5.75 Å². The largest absolute Gasteiger partial charge is 0.497 e. The van der Waals surface area contributed by atoms with Gasteiger partial charge in [0.2, 0.25) is 0 Å². The Morgan fingerprint density at radius 1 is 1.39 bits per heavy atom. The highest BCUT2D eigenvalue weighted by molar-refractivity contribution is 5.28. The van der Waals surface area contributed by atoms with E-state index in [1.54, 1.807) is 7.11 Å². The maximum Gasteiger partial charge on any atom is 0.119 e. The molecule has 0 bridgehead atoms. The molecule has 1 aliphatic rings. The molecule has 0 amide bonds. The minimum Gasteiger partial charge on any atom is -0.497 e. The smallest absolute Gasteiger partial charge is 0.119 e. The first-order valence-corrected chi connectivity index (χ1v) is 6.84. The number of hydrogen-bond acceptors (Lipinski definition) is 3. The van der Waals surface area contributed by atoms with Crippen molar-refractivity contribution in [1.29, 1.82) is 0 Å². The van der Waals surface area contributed by atoms with Gasteiger partial charge in [-0.3, -0.25) is 0 Å². The number of ether oxygens (including phenoxy) is 2. The fraction of sp³-hybridized carbons (Fsp3) is 0.600. The van der Waals surface area contributed by atoms with E-state index in [4.69, 9.17) is 9.47 Å². The molecule has 0 saturated carbocycles. The zero-order chi connectivity index (χ0) is 12.6. The van der Waals surface area contributed by atoms with Crippen molar-refractivity contribution in [2.24, 2.45) is 0 Å². The number of hydrogen-bond donors (Lipinski definition) is 1. The molecule has 1 fully saturated rings. The van der Waals surface area contributed by atoms with Gasteiger partial charge in [-0.25, -0.2) is 0 Å². The lowest BCUT2D eigenvalue weighted by Crippen LogP contribution is -2.32. The molecule has 0 spiro atoms. The molecular weight excluding hydrogens is 226 g/mol. The molecule has 1 aromatic carbocycles. The predicted octanol–water partition coefficient (Wildman–Crippen LogP) is 2.40. The summed E-state index contributed by atoms with van der Waals surface area (Å²) in [6.45, 7) is 2.90. The summed E-state index contributed by atoms with van der Waals surface area (Å²) in [5.74, 6) is 0.933. The van der Waals surface area contributed by atoms with Gasteiger partial charge in [-0.1, -0.05) is 12.1 Å². The Morgan fingerprint density at radius 3 is 3.11 bits per heavy atom. The van der Waals surface area contributed by atoms with Gasteiger partial charge in [0.1, 0.15) is 5.75 Å². The molecule has 1 aromatic rings. The second-order valence-corrected chi connectivity index (χ2v) is 4.79. The topological polar surface area (TPSA) is 30.5 Å². The first-order chi connectivity index (χ1) is 8.88. The predicted molar refractivity (Wildman–Crippen MR) is 73.2 cm³/mol. The van der Waals surface area contributed by atoms with Crippen LogP contribution in [0.3, 0.4) is 0 Å². The van der Waals surface area contributed by atoms with E-state index in [0.29, 0.717) is 6.10 Å². The molecule has 3 heteroatoms. The van der Waals surface area contributed by atoms with Crippen LogP contribution in [0, 0.1) is 0 Å². The molecule has 18 heavy (non-hydrogen) atoms. The van der Waals surface area contributed by atoms with Crippen molar-refractivity contribution in [2.75, 3.05) is 26.8 Å². The van der Waals surface area contributed by atoms with Gasteiger partial charge in [-0.15, -0.1) is 0 Å². The van der Waals surface area contributed by atoms with Crippen LogP contribution in [0.5, 0.6) is 5.75 Å². The van der Waals surface area contributed by atoms with Crippen LogP contribution < -0.4 is 10.1 Å². The van der Waals surface area contributed by atoms with Crippen LogP contribution in [0.15, 0.2) is 24.3 Å². The highest BCUT2D eigenvalue weighted by Crippen LogP contribution is 2.13. The van der Waals surface area contributed by atoms with Crippen molar-refractivity contribution >= 4 is 0 Å². The summed E-state index contributed by atoms with van der Waals surface area (Å²) in [5.41, 5.74) is 1.31. The Kier molecular flexibility index (Phi) is 5.49. The molecule has 3 nitrogen and oxygen atoms in total.